The molecule has 25 heavy (non-hydrogen) atoms. The molecule has 0 spiro atoms. The minimum absolute atomic E-state index is 0.372. The number of β-lactam (4-membered cyclic amide) rings is 1. The fourth-order valence-corrected chi connectivity index (χ4v) is 5.64. The summed E-state index contributed by atoms with van der Waals surface area (Å²) < 4.78 is -0.703. The summed E-state index contributed by atoms with van der Waals surface area (Å²) in [6, 6.07) is 1.30. The molecule has 1 aromatic heterocycles. The van der Waals surface area contributed by atoms with Gasteiger partial charge in [0.1, 0.15) is 17.5 Å². The number of carboxylic acids is 2. The molecule has 2 fully saturated rings. The zero-order chi connectivity index (χ0) is 18.5. The van der Waals surface area contributed by atoms with E-state index < -0.39 is 51.9 Å². The first-order valence-electron chi connectivity index (χ1n) is 7.44. The summed E-state index contributed by atoms with van der Waals surface area (Å²) in [4.78, 5) is 49.3. The van der Waals surface area contributed by atoms with Gasteiger partial charge in [-0.1, -0.05) is 6.07 Å². The zero-order valence-corrected chi connectivity index (χ0v) is 15.0. The number of aliphatic carboxylic acids is 2. The smallest absolute Gasteiger partial charge is 0.327 e. The Bertz CT molecular complexity index is 747. The van der Waals surface area contributed by atoms with Crippen LogP contribution in [0.2, 0.25) is 0 Å². The van der Waals surface area contributed by atoms with Crippen molar-refractivity contribution in [2.75, 3.05) is 0 Å². The molecule has 134 valence electrons. The summed E-state index contributed by atoms with van der Waals surface area (Å²) in [5.41, 5.74) is 0. The minimum atomic E-state index is -1.39. The van der Waals surface area contributed by atoms with Crippen LogP contribution < -0.4 is 5.32 Å². The second-order valence-electron chi connectivity index (χ2n) is 6.37. The Morgan fingerprint density at radius 2 is 2.00 bits per heavy atom. The molecule has 8 nitrogen and oxygen atoms in total. The summed E-state index contributed by atoms with van der Waals surface area (Å²) in [5.74, 6) is -5.06. The van der Waals surface area contributed by atoms with Crippen molar-refractivity contribution in [1.29, 1.82) is 0 Å². The lowest BCUT2D eigenvalue weighted by molar-refractivity contribution is -0.161. The maximum atomic E-state index is 12.4. The molecule has 0 bridgehead atoms. The molecule has 0 radical (unpaired) electrons. The van der Waals surface area contributed by atoms with Crippen LogP contribution in [0.1, 0.15) is 24.6 Å². The number of thioether (sulfide) groups is 1. The fourth-order valence-electron chi connectivity index (χ4n) is 3.20. The lowest BCUT2D eigenvalue weighted by Gasteiger charge is -2.43. The largest absolute Gasteiger partial charge is 0.480 e. The Labute approximate surface area is 151 Å². The van der Waals surface area contributed by atoms with Gasteiger partial charge in [-0.3, -0.25) is 14.4 Å². The third-order valence-corrected chi connectivity index (χ3v) is 6.82. The third kappa shape index (κ3) is 2.78. The molecule has 0 saturated carbocycles. The second kappa shape index (κ2) is 6.03. The van der Waals surface area contributed by atoms with Crippen molar-refractivity contribution in [2.24, 2.45) is 0 Å². The number of rotatable bonds is 5. The SMILES string of the molecule is CC1(C)SC2C(NC(=O)C(C(=O)O)c3cccs3)C(=O)N2C1C(=O)O. The van der Waals surface area contributed by atoms with Crippen LogP contribution in [-0.2, 0) is 19.2 Å². The normalized spacial score (nSPS) is 28.0. The average Bonchev–Trinajstić information content (AvgIpc) is 3.09. The van der Waals surface area contributed by atoms with Gasteiger partial charge in [0.15, 0.2) is 5.92 Å². The molecule has 2 aliphatic rings. The van der Waals surface area contributed by atoms with E-state index in [0.29, 0.717) is 4.88 Å². The number of carbonyl (C=O) groups excluding carboxylic acids is 2. The van der Waals surface area contributed by atoms with E-state index in [0.717, 1.165) is 11.3 Å². The topological polar surface area (TPSA) is 124 Å². The number of nitrogens with one attached hydrogen (secondary N) is 1. The number of hydrogen-bond donors (Lipinski definition) is 3. The van der Waals surface area contributed by atoms with Gasteiger partial charge in [-0.25, -0.2) is 4.79 Å². The molecule has 2 aliphatic heterocycles. The van der Waals surface area contributed by atoms with Crippen LogP contribution in [0.5, 0.6) is 0 Å². The second-order valence-corrected chi connectivity index (χ2v) is 9.12. The maximum absolute atomic E-state index is 12.4. The molecule has 2 saturated heterocycles. The van der Waals surface area contributed by atoms with E-state index in [-0.39, 0.29) is 0 Å². The summed E-state index contributed by atoms with van der Waals surface area (Å²) in [6.07, 6.45) is 0. The minimum Gasteiger partial charge on any atom is -0.480 e. The number of carbonyl (C=O) groups is 4. The number of thiophene rings is 1. The van der Waals surface area contributed by atoms with E-state index in [1.165, 1.54) is 16.7 Å². The molecule has 0 aromatic carbocycles. The van der Waals surface area contributed by atoms with E-state index in [2.05, 4.69) is 5.32 Å². The van der Waals surface area contributed by atoms with Crippen LogP contribution in [0.25, 0.3) is 0 Å². The predicted octanol–water partition coefficient (Wildman–Crippen LogP) is 0.548. The molecule has 1 aromatic rings. The Hall–Kier alpha value is -2.07. The Kier molecular flexibility index (Phi) is 4.28. The lowest BCUT2D eigenvalue weighted by atomic mass is 9.95. The van der Waals surface area contributed by atoms with Crippen molar-refractivity contribution in [3.05, 3.63) is 22.4 Å². The van der Waals surface area contributed by atoms with E-state index in [4.69, 9.17) is 0 Å². The molecule has 3 rings (SSSR count). The standard InChI is InChI=1S/C15H16N2O6S2/c1-15(2)9(14(22)23)17-11(19)8(12(17)25-15)16-10(18)7(13(20)21)6-4-3-5-24-6/h3-5,7-9,12H,1-2H3,(H,16,18)(H,20,21)(H,22,23). The van der Waals surface area contributed by atoms with Crippen LogP contribution in [0, 0.1) is 0 Å². The van der Waals surface area contributed by atoms with Gasteiger partial charge in [-0.15, -0.1) is 23.1 Å². The molecule has 4 unspecified atom stereocenters. The van der Waals surface area contributed by atoms with Gasteiger partial charge in [0.25, 0.3) is 0 Å². The summed E-state index contributed by atoms with van der Waals surface area (Å²) >= 11 is 2.43. The molecule has 10 heteroatoms. The summed E-state index contributed by atoms with van der Waals surface area (Å²) in [7, 11) is 0. The number of carboxylic acid groups (broad SMARTS) is 2. The highest BCUT2D eigenvalue weighted by atomic mass is 32.2. The number of amides is 2. The van der Waals surface area contributed by atoms with Gasteiger partial charge in [0.05, 0.1) is 0 Å². The molecule has 0 aliphatic carbocycles. The van der Waals surface area contributed by atoms with Crippen LogP contribution in [0.15, 0.2) is 17.5 Å². The van der Waals surface area contributed by atoms with Gasteiger partial charge in [0.2, 0.25) is 11.8 Å². The van der Waals surface area contributed by atoms with Crippen molar-refractivity contribution < 1.29 is 29.4 Å². The quantitative estimate of drug-likeness (QED) is 0.500. The third-order valence-electron chi connectivity index (χ3n) is 4.31. The zero-order valence-electron chi connectivity index (χ0n) is 13.3. The highest BCUT2D eigenvalue weighted by Crippen LogP contribution is 2.50. The fraction of sp³-hybridized carbons (Fsp3) is 0.467. The van der Waals surface area contributed by atoms with Crippen molar-refractivity contribution in [2.45, 2.75) is 42.0 Å². The van der Waals surface area contributed by atoms with E-state index in [1.54, 1.807) is 31.4 Å². The number of nitrogens with zero attached hydrogens (tertiary/aromatic N) is 1. The van der Waals surface area contributed by atoms with Crippen LogP contribution in [-0.4, -0.2) is 61.1 Å². The van der Waals surface area contributed by atoms with Gasteiger partial charge in [-0.05, 0) is 25.3 Å². The maximum Gasteiger partial charge on any atom is 0.327 e. The van der Waals surface area contributed by atoms with Crippen molar-refractivity contribution in [3.63, 3.8) is 0 Å². The van der Waals surface area contributed by atoms with Crippen molar-refractivity contribution >= 4 is 46.9 Å². The van der Waals surface area contributed by atoms with Crippen LogP contribution in [0.4, 0.5) is 0 Å². The van der Waals surface area contributed by atoms with Crippen LogP contribution in [0.3, 0.4) is 0 Å². The highest BCUT2D eigenvalue weighted by molar-refractivity contribution is 8.01. The lowest BCUT2D eigenvalue weighted by Crippen LogP contribution is -2.71. The van der Waals surface area contributed by atoms with Gasteiger partial charge >= 0.3 is 11.9 Å². The molecule has 2 amide bonds. The first-order valence-corrected chi connectivity index (χ1v) is 9.20. The summed E-state index contributed by atoms with van der Waals surface area (Å²) in [6.45, 7) is 3.46. The average molecular weight is 384 g/mol. The molecule has 3 N–H and O–H groups in total. The van der Waals surface area contributed by atoms with Gasteiger partial charge in [-0.2, -0.15) is 0 Å². The van der Waals surface area contributed by atoms with E-state index in [9.17, 15) is 29.4 Å². The molecular formula is C15H16N2O6S2. The first kappa shape index (κ1) is 17.7. The van der Waals surface area contributed by atoms with E-state index in [1.807, 2.05) is 0 Å². The number of fused-ring (bicyclic) bond motifs is 1. The molecular weight excluding hydrogens is 368 g/mol. The first-order chi connectivity index (χ1) is 11.6. The van der Waals surface area contributed by atoms with Crippen LogP contribution >= 0.6 is 23.1 Å². The Morgan fingerprint density at radius 3 is 2.52 bits per heavy atom. The van der Waals surface area contributed by atoms with E-state index >= 15 is 0 Å². The number of hydrogen-bond acceptors (Lipinski definition) is 6. The Morgan fingerprint density at radius 1 is 1.32 bits per heavy atom. The van der Waals surface area contributed by atoms with Crippen molar-refractivity contribution in [1.82, 2.24) is 10.2 Å². The molecule has 3 heterocycles. The Balaban J connectivity index is 1.77. The molecule has 4 atom stereocenters. The monoisotopic (exact) mass is 384 g/mol. The van der Waals surface area contributed by atoms with Gasteiger partial charge in [0, 0.05) is 9.62 Å². The highest BCUT2D eigenvalue weighted by Gasteiger charge is 2.64. The summed E-state index contributed by atoms with van der Waals surface area (Å²) in [5, 5.41) is 22.4. The predicted molar refractivity (Wildman–Crippen MR) is 90.4 cm³/mol. The van der Waals surface area contributed by atoms with Gasteiger partial charge < -0.3 is 20.4 Å². The van der Waals surface area contributed by atoms with Crippen molar-refractivity contribution in [3.8, 4) is 0 Å².